The molecule has 2 heterocycles. The summed E-state index contributed by atoms with van der Waals surface area (Å²) in [4.78, 5) is 26.1. The minimum Gasteiger partial charge on any atom is -0.465 e. The molecular weight excluding hydrogens is 372 g/mol. The number of esters is 1. The van der Waals surface area contributed by atoms with E-state index in [9.17, 15) is 18.0 Å². The van der Waals surface area contributed by atoms with Gasteiger partial charge in [-0.25, -0.2) is 13.2 Å². The third-order valence-electron chi connectivity index (χ3n) is 4.97. The summed E-state index contributed by atoms with van der Waals surface area (Å²) >= 11 is 0. The Labute approximate surface area is 159 Å². The number of piperidine rings is 1. The molecule has 2 saturated heterocycles. The molecule has 2 aliphatic heterocycles. The standard InChI is InChI=1S/C18H24N2O6S/c1-25-18(22)14-4-6-16(7-5-14)27(23,24)20-8-2-3-15(13-20)17(21)19-9-11-26-12-10-19/h4-7,15H,2-3,8-13H2,1H3/t15-/m0/s1. The van der Waals surface area contributed by atoms with Crippen LogP contribution in [0, 0.1) is 5.92 Å². The molecule has 0 aromatic heterocycles. The number of hydrogen-bond acceptors (Lipinski definition) is 6. The van der Waals surface area contributed by atoms with Crippen molar-refractivity contribution < 1.29 is 27.5 Å². The molecule has 0 spiro atoms. The second kappa shape index (κ2) is 8.37. The van der Waals surface area contributed by atoms with Crippen LogP contribution >= 0.6 is 0 Å². The van der Waals surface area contributed by atoms with Crippen LogP contribution in [0.25, 0.3) is 0 Å². The lowest BCUT2D eigenvalue weighted by molar-refractivity contribution is -0.140. The van der Waals surface area contributed by atoms with Gasteiger partial charge in [0.2, 0.25) is 15.9 Å². The maximum absolute atomic E-state index is 12.9. The van der Waals surface area contributed by atoms with Gasteiger partial charge in [-0.15, -0.1) is 0 Å². The van der Waals surface area contributed by atoms with E-state index >= 15 is 0 Å². The molecule has 0 aliphatic carbocycles. The Hall–Kier alpha value is -1.97. The van der Waals surface area contributed by atoms with E-state index in [0.717, 1.165) is 0 Å². The third kappa shape index (κ3) is 4.31. The molecule has 3 rings (SSSR count). The SMILES string of the molecule is COC(=O)c1ccc(S(=O)(=O)N2CCC[C@H](C(=O)N3CCOCC3)C2)cc1. The van der Waals surface area contributed by atoms with Gasteiger partial charge in [0.05, 0.1) is 36.7 Å². The van der Waals surface area contributed by atoms with Crippen molar-refractivity contribution in [1.29, 1.82) is 0 Å². The molecule has 0 saturated carbocycles. The molecule has 0 unspecified atom stereocenters. The van der Waals surface area contributed by atoms with Gasteiger partial charge in [-0.3, -0.25) is 4.79 Å². The highest BCUT2D eigenvalue weighted by Crippen LogP contribution is 2.25. The van der Waals surface area contributed by atoms with Crippen LogP contribution in [0.1, 0.15) is 23.2 Å². The molecular formula is C18H24N2O6S. The monoisotopic (exact) mass is 396 g/mol. The second-order valence-electron chi connectivity index (χ2n) is 6.66. The number of hydrogen-bond donors (Lipinski definition) is 0. The third-order valence-corrected chi connectivity index (χ3v) is 6.85. The van der Waals surface area contributed by atoms with E-state index in [1.54, 1.807) is 4.90 Å². The quantitative estimate of drug-likeness (QED) is 0.697. The van der Waals surface area contributed by atoms with Crippen molar-refractivity contribution in [2.75, 3.05) is 46.5 Å². The summed E-state index contributed by atoms with van der Waals surface area (Å²) in [5, 5.41) is 0. The van der Waals surface area contributed by atoms with Crippen LogP contribution in [-0.4, -0.2) is 76.0 Å². The van der Waals surface area contributed by atoms with E-state index in [2.05, 4.69) is 4.74 Å². The zero-order valence-electron chi connectivity index (χ0n) is 15.3. The molecule has 1 aromatic rings. The molecule has 2 fully saturated rings. The van der Waals surface area contributed by atoms with Gasteiger partial charge in [0.25, 0.3) is 0 Å². The molecule has 1 amide bonds. The number of rotatable bonds is 4. The highest BCUT2D eigenvalue weighted by Gasteiger charge is 2.35. The number of carbonyl (C=O) groups excluding carboxylic acids is 2. The molecule has 0 N–H and O–H groups in total. The number of benzene rings is 1. The fraction of sp³-hybridized carbons (Fsp3) is 0.556. The van der Waals surface area contributed by atoms with E-state index in [4.69, 9.17) is 4.74 Å². The minimum absolute atomic E-state index is 0.000704. The zero-order chi connectivity index (χ0) is 19.4. The first-order valence-electron chi connectivity index (χ1n) is 8.98. The lowest BCUT2D eigenvalue weighted by atomic mass is 9.98. The van der Waals surface area contributed by atoms with Crippen LogP contribution in [-0.2, 0) is 24.3 Å². The molecule has 148 valence electrons. The maximum atomic E-state index is 12.9. The van der Waals surface area contributed by atoms with Crippen molar-refractivity contribution in [3.05, 3.63) is 29.8 Å². The average molecular weight is 396 g/mol. The summed E-state index contributed by atoms with van der Waals surface area (Å²) in [6, 6.07) is 5.65. The molecule has 8 nitrogen and oxygen atoms in total. The molecule has 1 atom stereocenters. The van der Waals surface area contributed by atoms with Crippen LogP contribution in [0.4, 0.5) is 0 Å². The number of carbonyl (C=O) groups is 2. The number of ether oxygens (including phenoxy) is 2. The summed E-state index contributed by atoms with van der Waals surface area (Å²) in [5.74, 6) is -0.853. The Morgan fingerprint density at radius 2 is 1.78 bits per heavy atom. The smallest absolute Gasteiger partial charge is 0.337 e. The van der Waals surface area contributed by atoms with E-state index in [0.29, 0.717) is 45.7 Å². The Balaban J connectivity index is 1.72. The maximum Gasteiger partial charge on any atom is 0.337 e. The number of methoxy groups -OCH3 is 1. The lowest BCUT2D eigenvalue weighted by Crippen LogP contribution is -2.49. The zero-order valence-corrected chi connectivity index (χ0v) is 16.1. The Kier molecular flexibility index (Phi) is 6.13. The van der Waals surface area contributed by atoms with Crippen molar-refractivity contribution in [1.82, 2.24) is 9.21 Å². The van der Waals surface area contributed by atoms with Crippen LogP contribution in [0.2, 0.25) is 0 Å². The van der Waals surface area contributed by atoms with Gasteiger partial charge in [-0.2, -0.15) is 4.31 Å². The highest BCUT2D eigenvalue weighted by molar-refractivity contribution is 7.89. The molecule has 27 heavy (non-hydrogen) atoms. The fourth-order valence-corrected chi connectivity index (χ4v) is 4.96. The minimum atomic E-state index is -3.72. The van der Waals surface area contributed by atoms with Crippen molar-refractivity contribution in [3.8, 4) is 0 Å². The van der Waals surface area contributed by atoms with Crippen LogP contribution in [0.3, 0.4) is 0 Å². The predicted octanol–water partition coefficient (Wildman–Crippen LogP) is 0.733. The van der Waals surface area contributed by atoms with Gasteiger partial charge in [0.1, 0.15) is 0 Å². The van der Waals surface area contributed by atoms with E-state index < -0.39 is 16.0 Å². The molecule has 9 heteroatoms. The van der Waals surface area contributed by atoms with Gasteiger partial charge >= 0.3 is 5.97 Å². The van der Waals surface area contributed by atoms with Gasteiger partial charge in [-0.05, 0) is 37.1 Å². The number of sulfonamides is 1. The van der Waals surface area contributed by atoms with Crippen LogP contribution in [0.5, 0.6) is 0 Å². The van der Waals surface area contributed by atoms with Crippen molar-refractivity contribution >= 4 is 21.9 Å². The van der Waals surface area contributed by atoms with Crippen molar-refractivity contribution in [2.24, 2.45) is 5.92 Å². The first-order valence-corrected chi connectivity index (χ1v) is 10.4. The molecule has 2 aliphatic rings. The number of morpholine rings is 1. The van der Waals surface area contributed by atoms with Crippen molar-refractivity contribution in [2.45, 2.75) is 17.7 Å². The molecule has 0 radical (unpaired) electrons. The van der Waals surface area contributed by atoms with Gasteiger partial charge < -0.3 is 14.4 Å². The van der Waals surface area contributed by atoms with Crippen molar-refractivity contribution in [3.63, 3.8) is 0 Å². The largest absolute Gasteiger partial charge is 0.465 e. The van der Waals surface area contributed by atoms with E-state index in [-0.39, 0.29) is 28.8 Å². The first kappa shape index (κ1) is 19.8. The topological polar surface area (TPSA) is 93.2 Å². The van der Waals surface area contributed by atoms with Crippen LogP contribution < -0.4 is 0 Å². The van der Waals surface area contributed by atoms with Gasteiger partial charge in [0.15, 0.2) is 0 Å². The lowest BCUT2D eigenvalue weighted by Gasteiger charge is -2.35. The summed E-state index contributed by atoms with van der Waals surface area (Å²) < 4.78 is 37.2. The normalized spacial score (nSPS) is 21.7. The Morgan fingerprint density at radius 3 is 2.41 bits per heavy atom. The summed E-state index contributed by atoms with van der Waals surface area (Å²) in [6.45, 7) is 2.71. The fourth-order valence-electron chi connectivity index (χ4n) is 3.43. The van der Waals surface area contributed by atoms with E-state index in [1.165, 1.54) is 35.7 Å². The molecule has 0 bridgehead atoms. The predicted molar refractivity (Wildman–Crippen MR) is 96.7 cm³/mol. The number of nitrogens with zero attached hydrogens (tertiary/aromatic N) is 2. The summed E-state index contributed by atoms with van der Waals surface area (Å²) in [6.07, 6.45) is 1.32. The number of amides is 1. The summed E-state index contributed by atoms with van der Waals surface area (Å²) in [7, 11) is -2.45. The highest BCUT2D eigenvalue weighted by atomic mass is 32.2. The van der Waals surface area contributed by atoms with Gasteiger partial charge in [-0.1, -0.05) is 0 Å². The first-order chi connectivity index (χ1) is 12.9. The molecule has 1 aromatic carbocycles. The van der Waals surface area contributed by atoms with E-state index in [1.807, 2.05) is 0 Å². The average Bonchev–Trinajstić information content (AvgIpc) is 2.73. The summed E-state index contributed by atoms with van der Waals surface area (Å²) in [5.41, 5.74) is 0.287. The van der Waals surface area contributed by atoms with Gasteiger partial charge in [0, 0.05) is 26.2 Å². The second-order valence-corrected chi connectivity index (χ2v) is 8.59. The Bertz CT molecular complexity index is 787. The van der Waals surface area contributed by atoms with Crippen LogP contribution in [0.15, 0.2) is 29.2 Å². The Morgan fingerprint density at radius 1 is 1.11 bits per heavy atom.